The predicted molar refractivity (Wildman–Crippen MR) is 114 cm³/mol. The number of hydrogen-bond acceptors (Lipinski definition) is 5. The average molecular weight is 413 g/mol. The van der Waals surface area contributed by atoms with E-state index in [0.29, 0.717) is 17.9 Å². The summed E-state index contributed by atoms with van der Waals surface area (Å²) < 4.78 is 31.5. The van der Waals surface area contributed by atoms with Crippen molar-refractivity contribution in [1.29, 1.82) is 0 Å². The predicted octanol–water partition coefficient (Wildman–Crippen LogP) is 4.01. The van der Waals surface area contributed by atoms with Crippen LogP contribution in [0.15, 0.2) is 73.1 Å². The minimum Gasteiger partial charge on any atom is -0.486 e. The SMILES string of the molecule is CC(O)CC(Oc1ccc(-c2cccc(NS(C)(=O)=O)c2)cc1)c1cccnc1. The molecule has 7 heteroatoms. The zero-order chi connectivity index (χ0) is 20.9. The lowest BCUT2D eigenvalue weighted by Gasteiger charge is -2.21. The summed E-state index contributed by atoms with van der Waals surface area (Å²) in [6, 6.07) is 18.5. The molecule has 3 rings (SSSR count). The fraction of sp³-hybridized carbons (Fsp3) is 0.227. The Morgan fingerprint density at radius 2 is 1.83 bits per heavy atom. The van der Waals surface area contributed by atoms with Crippen LogP contribution < -0.4 is 9.46 Å². The molecule has 2 atom stereocenters. The van der Waals surface area contributed by atoms with E-state index in [4.69, 9.17) is 4.74 Å². The Bertz CT molecular complexity index is 1040. The highest BCUT2D eigenvalue weighted by atomic mass is 32.2. The van der Waals surface area contributed by atoms with Gasteiger partial charge in [0, 0.05) is 30.1 Å². The Morgan fingerprint density at radius 3 is 2.45 bits per heavy atom. The van der Waals surface area contributed by atoms with Gasteiger partial charge in [-0.15, -0.1) is 0 Å². The molecule has 2 unspecified atom stereocenters. The van der Waals surface area contributed by atoms with Crippen molar-refractivity contribution in [3.63, 3.8) is 0 Å². The highest BCUT2D eigenvalue weighted by molar-refractivity contribution is 7.92. The number of anilines is 1. The second kappa shape index (κ2) is 9.07. The van der Waals surface area contributed by atoms with Crippen LogP contribution in [-0.2, 0) is 10.0 Å². The van der Waals surface area contributed by atoms with E-state index in [9.17, 15) is 13.5 Å². The van der Waals surface area contributed by atoms with Crippen molar-refractivity contribution in [1.82, 2.24) is 4.98 Å². The second-order valence-corrected chi connectivity index (χ2v) is 8.71. The molecule has 152 valence electrons. The number of rotatable bonds is 8. The lowest BCUT2D eigenvalue weighted by molar-refractivity contribution is 0.106. The topological polar surface area (TPSA) is 88.5 Å². The molecule has 2 aromatic carbocycles. The number of aromatic nitrogens is 1. The molecule has 0 aliphatic rings. The maximum atomic E-state index is 11.4. The molecule has 0 saturated heterocycles. The highest BCUT2D eigenvalue weighted by Gasteiger charge is 2.16. The van der Waals surface area contributed by atoms with Gasteiger partial charge in [0.15, 0.2) is 0 Å². The molecule has 0 aliphatic carbocycles. The summed E-state index contributed by atoms with van der Waals surface area (Å²) in [7, 11) is -3.33. The van der Waals surface area contributed by atoms with Crippen molar-refractivity contribution in [2.45, 2.75) is 25.6 Å². The number of aliphatic hydroxyl groups is 1. The molecule has 0 fully saturated rings. The van der Waals surface area contributed by atoms with Gasteiger partial charge in [0.05, 0.1) is 12.4 Å². The summed E-state index contributed by atoms with van der Waals surface area (Å²) in [6.45, 7) is 1.73. The molecule has 0 saturated carbocycles. The third-order valence-electron chi connectivity index (χ3n) is 4.24. The van der Waals surface area contributed by atoms with Crippen molar-refractivity contribution in [2.75, 3.05) is 11.0 Å². The largest absolute Gasteiger partial charge is 0.486 e. The molecule has 0 aliphatic heterocycles. The summed E-state index contributed by atoms with van der Waals surface area (Å²) in [4.78, 5) is 4.13. The Morgan fingerprint density at radius 1 is 1.07 bits per heavy atom. The van der Waals surface area contributed by atoms with Gasteiger partial charge in [0.1, 0.15) is 11.9 Å². The number of benzene rings is 2. The van der Waals surface area contributed by atoms with Crippen LogP contribution in [0.5, 0.6) is 5.75 Å². The van der Waals surface area contributed by atoms with Gasteiger partial charge in [-0.1, -0.05) is 30.3 Å². The van der Waals surface area contributed by atoms with Gasteiger partial charge in [-0.05, 0) is 48.4 Å². The maximum Gasteiger partial charge on any atom is 0.229 e. The van der Waals surface area contributed by atoms with Crippen LogP contribution in [0.3, 0.4) is 0 Å². The van der Waals surface area contributed by atoms with Gasteiger partial charge in [0.25, 0.3) is 0 Å². The van der Waals surface area contributed by atoms with E-state index in [0.717, 1.165) is 22.9 Å². The number of ether oxygens (including phenoxy) is 1. The molecule has 1 heterocycles. The molecule has 0 radical (unpaired) electrons. The minimum atomic E-state index is -3.33. The molecule has 6 nitrogen and oxygen atoms in total. The Hall–Kier alpha value is -2.90. The normalized spacial score (nSPS) is 13.5. The molecular weight excluding hydrogens is 388 g/mol. The van der Waals surface area contributed by atoms with E-state index in [1.807, 2.05) is 42.5 Å². The smallest absolute Gasteiger partial charge is 0.229 e. The summed E-state index contributed by atoms with van der Waals surface area (Å²) in [5.41, 5.74) is 3.23. The van der Waals surface area contributed by atoms with Gasteiger partial charge in [-0.3, -0.25) is 9.71 Å². The summed E-state index contributed by atoms with van der Waals surface area (Å²) in [5.74, 6) is 0.675. The van der Waals surface area contributed by atoms with Gasteiger partial charge in [-0.2, -0.15) is 0 Å². The van der Waals surface area contributed by atoms with Crippen molar-refractivity contribution in [2.24, 2.45) is 0 Å². The van der Waals surface area contributed by atoms with Crippen molar-refractivity contribution in [3.05, 3.63) is 78.6 Å². The molecule has 1 aromatic heterocycles. The molecule has 29 heavy (non-hydrogen) atoms. The van der Waals surface area contributed by atoms with Crippen LogP contribution in [-0.4, -0.2) is 30.9 Å². The fourth-order valence-corrected chi connectivity index (χ4v) is 3.55. The fourth-order valence-electron chi connectivity index (χ4n) is 3.00. The first-order valence-corrected chi connectivity index (χ1v) is 11.1. The van der Waals surface area contributed by atoms with E-state index >= 15 is 0 Å². The van der Waals surface area contributed by atoms with Gasteiger partial charge in [0.2, 0.25) is 10.0 Å². The van der Waals surface area contributed by atoms with Crippen LogP contribution in [0.4, 0.5) is 5.69 Å². The Labute approximate surface area is 171 Å². The lowest BCUT2D eigenvalue weighted by atomic mass is 10.0. The van der Waals surface area contributed by atoms with Crippen molar-refractivity contribution in [3.8, 4) is 16.9 Å². The van der Waals surface area contributed by atoms with Crippen molar-refractivity contribution < 1.29 is 18.3 Å². The van der Waals surface area contributed by atoms with Crippen LogP contribution in [0.2, 0.25) is 0 Å². The second-order valence-electron chi connectivity index (χ2n) is 6.96. The van der Waals surface area contributed by atoms with E-state index in [1.54, 1.807) is 37.5 Å². The van der Waals surface area contributed by atoms with Crippen molar-refractivity contribution >= 4 is 15.7 Å². The lowest BCUT2D eigenvalue weighted by Crippen LogP contribution is -2.14. The summed E-state index contributed by atoms with van der Waals surface area (Å²) in [5, 5.41) is 9.81. The first-order chi connectivity index (χ1) is 13.8. The number of pyridine rings is 1. The van der Waals surface area contributed by atoms with Crippen LogP contribution in [0, 0.1) is 0 Å². The van der Waals surface area contributed by atoms with Crippen LogP contribution >= 0.6 is 0 Å². The number of hydrogen-bond donors (Lipinski definition) is 2. The highest BCUT2D eigenvalue weighted by Crippen LogP contribution is 2.29. The van der Waals surface area contributed by atoms with E-state index in [-0.39, 0.29) is 6.10 Å². The molecule has 0 spiro atoms. The summed E-state index contributed by atoms with van der Waals surface area (Å²) in [6.07, 6.45) is 4.19. The molecule has 0 bridgehead atoms. The zero-order valence-electron chi connectivity index (χ0n) is 16.3. The van der Waals surface area contributed by atoms with Crippen LogP contribution in [0.1, 0.15) is 25.0 Å². The molecule has 2 N–H and O–H groups in total. The third kappa shape index (κ3) is 6.30. The minimum absolute atomic E-state index is 0.308. The first-order valence-electron chi connectivity index (χ1n) is 9.23. The number of aliphatic hydroxyl groups excluding tert-OH is 1. The monoisotopic (exact) mass is 412 g/mol. The molecule has 0 amide bonds. The number of sulfonamides is 1. The quantitative estimate of drug-likeness (QED) is 0.584. The third-order valence-corrected chi connectivity index (χ3v) is 4.85. The first kappa shape index (κ1) is 20.8. The number of nitrogens with zero attached hydrogens (tertiary/aromatic N) is 1. The van der Waals surface area contributed by atoms with Crippen LogP contribution in [0.25, 0.3) is 11.1 Å². The zero-order valence-corrected chi connectivity index (χ0v) is 17.1. The molecule has 3 aromatic rings. The van der Waals surface area contributed by atoms with E-state index < -0.39 is 16.1 Å². The van der Waals surface area contributed by atoms with E-state index in [1.165, 1.54) is 0 Å². The van der Waals surface area contributed by atoms with Gasteiger partial charge in [-0.25, -0.2) is 8.42 Å². The summed E-state index contributed by atoms with van der Waals surface area (Å²) >= 11 is 0. The average Bonchev–Trinajstić information content (AvgIpc) is 2.67. The van der Waals surface area contributed by atoms with Gasteiger partial charge >= 0.3 is 0 Å². The Kier molecular flexibility index (Phi) is 6.51. The Balaban J connectivity index is 1.78. The maximum absolute atomic E-state index is 11.4. The molecular formula is C22H24N2O4S. The van der Waals surface area contributed by atoms with E-state index in [2.05, 4.69) is 9.71 Å². The number of nitrogens with one attached hydrogen (secondary N) is 1. The van der Waals surface area contributed by atoms with Gasteiger partial charge < -0.3 is 9.84 Å². The standard InChI is InChI=1S/C22H24N2O4S/c1-16(25)13-22(19-6-4-12-23-15-19)28-21-10-8-17(9-11-21)18-5-3-7-20(14-18)24-29(2,26)27/h3-12,14-16,22,24-25H,13H2,1-2H3.